The maximum atomic E-state index is 5.78. The Morgan fingerprint density at radius 1 is 1.00 bits per heavy atom. The van der Waals surface area contributed by atoms with Crippen LogP contribution in [0.1, 0.15) is 29.3 Å². The SMILES string of the molecule is COc1ccc(C2=NN(C(=S)NCCc3ccccc3)[C@@H](c3cnc4ccccc4n3)C2)cc1. The molecule has 6 nitrogen and oxygen atoms in total. The fraction of sp³-hybridized carbons (Fsp3) is 0.185. The van der Waals surface area contributed by atoms with Gasteiger partial charge in [-0.3, -0.25) is 4.98 Å². The van der Waals surface area contributed by atoms with Crippen LogP contribution in [0.4, 0.5) is 0 Å². The molecule has 1 atom stereocenters. The van der Waals surface area contributed by atoms with Crippen molar-refractivity contribution in [3.8, 4) is 5.75 Å². The predicted molar refractivity (Wildman–Crippen MR) is 139 cm³/mol. The zero-order chi connectivity index (χ0) is 23.3. The van der Waals surface area contributed by atoms with Crippen LogP contribution in [0, 0.1) is 0 Å². The van der Waals surface area contributed by atoms with E-state index in [2.05, 4.69) is 22.4 Å². The van der Waals surface area contributed by atoms with E-state index >= 15 is 0 Å². The van der Waals surface area contributed by atoms with Crippen molar-refractivity contribution in [1.29, 1.82) is 0 Å². The molecule has 0 saturated heterocycles. The van der Waals surface area contributed by atoms with Crippen molar-refractivity contribution in [3.63, 3.8) is 0 Å². The van der Waals surface area contributed by atoms with Crippen LogP contribution in [0.2, 0.25) is 0 Å². The molecule has 4 aromatic rings. The summed E-state index contributed by atoms with van der Waals surface area (Å²) in [6, 6.07) is 26.1. The van der Waals surface area contributed by atoms with Crippen LogP contribution in [-0.4, -0.2) is 39.5 Å². The molecule has 0 bridgehead atoms. The highest BCUT2D eigenvalue weighted by Crippen LogP contribution is 2.32. The number of benzene rings is 3. The Labute approximate surface area is 204 Å². The lowest BCUT2D eigenvalue weighted by atomic mass is 10.0. The second-order valence-corrected chi connectivity index (χ2v) is 8.48. The number of nitrogens with one attached hydrogen (secondary N) is 1. The standard InChI is InChI=1S/C27H25N5OS/c1-33-21-13-11-20(12-14-21)24-17-26(25-18-29-22-9-5-6-10-23(22)30-25)32(31-24)27(34)28-16-15-19-7-3-2-4-8-19/h2-14,18,26H,15-17H2,1H3,(H,28,34)/t26-/m1/s1. The summed E-state index contributed by atoms with van der Waals surface area (Å²) in [7, 11) is 1.66. The number of hydrogen-bond donors (Lipinski definition) is 1. The highest BCUT2D eigenvalue weighted by Gasteiger charge is 2.32. The molecule has 0 saturated carbocycles. The van der Waals surface area contributed by atoms with Gasteiger partial charge in [-0.05, 0) is 66.2 Å². The lowest BCUT2D eigenvalue weighted by molar-refractivity contribution is 0.357. The lowest BCUT2D eigenvalue weighted by Crippen LogP contribution is -2.38. The quantitative estimate of drug-likeness (QED) is 0.407. The van der Waals surface area contributed by atoms with Crippen molar-refractivity contribution in [2.24, 2.45) is 5.10 Å². The monoisotopic (exact) mass is 467 g/mol. The van der Waals surface area contributed by atoms with Crippen LogP contribution in [0.3, 0.4) is 0 Å². The van der Waals surface area contributed by atoms with E-state index in [-0.39, 0.29) is 6.04 Å². The van der Waals surface area contributed by atoms with E-state index < -0.39 is 0 Å². The van der Waals surface area contributed by atoms with Gasteiger partial charge in [0.05, 0.1) is 35.7 Å². The van der Waals surface area contributed by atoms with Gasteiger partial charge in [0.25, 0.3) is 0 Å². The first-order valence-electron chi connectivity index (χ1n) is 11.3. The van der Waals surface area contributed by atoms with Gasteiger partial charge in [-0.2, -0.15) is 5.10 Å². The van der Waals surface area contributed by atoms with E-state index in [1.54, 1.807) is 7.11 Å². The number of hydrazone groups is 1. The third kappa shape index (κ3) is 4.75. The molecule has 0 aliphatic carbocycles. The Bertz CT molecular complexity index is 1320. The van der Waals surface area contributed by atoms with Crippen molar-refractivity contribution in [2.45, 2.75) is 18.9 Å². The molecule has 1 aliphatic heterocycles. The van der Waals surface area contributed by atoms with Gasteiger partial charge in [0.1, 0.15) is 11.8 Å². The number of hydrogen-bond acceptors (Lipinski definition) is 5. The zero-order valence-electron chi connectivity index (χ0n) is 18.9. The fourth-order valence-electron chi connectivity index (χ4n) is 4.06. The molecule has 2 heterocycles. The highest BCUT2D eigenvalue weighted by molar-refractivity contribution is 7.80. The third-order valence-electron chi connectivity index (χ3n) is 5.88. The maximum Gasteiger partial charge on any atom is 0.190 e. The van der Waals surface area contributed by atoms with Gasteiger partial charge in [-0.25, -0.2) is 9.99 Å². The molecule has 5 rings (SSSR count). The van der Waals surface area contributed by atoms with Crippen molar-refractivity contribution in [2.75, 3.05) is 13.7 Å². The van der Waals surface area contributed by atoms with Gasteiger partial charge in [-0.15, -0.1) is 0 Å². The largest absolute Gasteiger partial charge is 0.497 e. The van der Waals surface area contributed by atoms with Crippen molar-refractivity contribution >= 4 is 34.1 Å². The summed E-state index contributed by atoms with van der Waals surface area (Å²) in [4.78, 5) is 9.51. The van der Waals surface area contributed by atoms with Gasteiger partial charge in [-0.1, -0.05) is 42.5 Å². The molecule has 170 valence electrons. The number of methoxy groups -OCH3 is 1. The number of rotatable bonds is 6. The summed E-state index contributed by atoms with van der Waals surface area (Å²) in [5.74, 6) is 0.814. The minimum absolute atomic E-state index is 0.133. The van der Waals surface area contributed by atoms with Gasteiger partial charge in [0, 0.05) is 13.0 Å². The van der Waals surface area contributed by atoms with E-state index in [9.17, 15) is 0 Å². The minimum Gasteiger partial charge on any atom is -0.497 e. The molecule has 0 unspecified atom stereocenters. The number of ether oxygens (including phenoxy) is 1. The van der Waals surface area contributed by atoms with Gasteiger partial charge in [0.2, 0.25) is 0 Å². The fourth-order valence-corrected chi connectivity index (χ4v) is 4.33. The van der Waals surface area contributed by atoms with Crippen molar-refractivity contribution in [1.82, 2.24) is 20.3 Å². The van der Waals surface area contributed by atoms with E-state index in [0.29, 0.717) is 11.5 Å². The summed E-state index contributed by atoms with van der Waals surface area (Å²) in [5, 5.41) is 10.8. The molecule has 0 fully saturated rings. The first-order chi connectivity index (χ1) is 16.7. The molecular weight excluding hydrogens is 442 g/mol. The van der Waals surface area contributed by atoms with Gasteiger partial charge in [0.15, 0.2) is 5.11 Å². The summed E-state index contributed by atoms with van der Waals surface area (Å²) in [5.41, 5.74) is 5.83. The number of thiocarbonyl (C=S) groups is 1. The molecule has 34 heavy (non-hydrogen) atoms. The van der Waals surface area contributed by atoms with E-state index in [1.807, 2.05) is 77.9 Å². The van der Waals surface area contributed by atoms with Gasteiger partial charge < -0.3 is 10.1 Å². The Morgan fingerprint density at radius 2 is 1.74 bits per heavy atom. The Morgan fingerprint density at radius 3 is 2.50 bits per heavy atom. The number of nitrogens with zero attached hydrogens (tertiary/aromatic N) is 4. The normalized spacial score (nSPS) is 15.3. The average molecular weight is 468 g/mol. The van der Waals surface area contributed by atoms with E-state index in [0.717, 1.165) is 46.7 Å². The van der Waals surface area contributed by atoms with Crippen LogP contribution in [0.25, 0.3) is 11.0 Å². The third-order valence-corrected chi connectivity index (χ3v) is 6.21. The Kier molecular flexibility index (Phi) is 6.44. The molecule has 0 amide bonds. The average Bonchev–Trinajstić information content (AvgIpc) is 3.35. The van der Waals surface area contributed by atoms with Crippen LogP contribution in [-0.2, 0) is 6.42 Å². The smallest absolute Gasteiger partial charge is 0.190 e. The topological polar surface area (TPSA) is 62.6 Å². The predicted octanol–water partition coefficient (Wildman–Crippen LogP) is 4.91. The minimum atomic E-state index is -0.133. The van der Waals surface area contributed by atoms with Crippen molar-refractivity contribution < 1.29 is 4.74 Å². The first-order valence-corrected chi connectivity index (χ1v) is 11.7. The van der Waals surface area contributed by atoms with Crippen LogP contribution in [0.15, 0.2) is 90.2 Å². The number of aromatic nitrogens is 2. The van der Waals surface area contributed by atoms with Crippen LogP contribution >= 0.6 is 12.2 Å². The number of para-hydroxylation sites is 2. The molecule has 3 aromatic carbocycles. The summed E-state index contributed by atoms with van der Waals surface area (Å²) in [6.45, 7) is 0.725. The zero-order valence-corrected chi connectivity index (χ0v) is 19.7. The molecular formula is C27H25N5OS. The van der Waals surface area contributed by atoms with E-state index in [1.165, 1.54) is 5.56 Å². The second-order valence-electron chi connectivity index (χ2n) is 8.09. The van der Waals surface area contributed by atoms with Crippen LogP contribution in [0.5, 0.6) is 5.75 Å². The van der Waals surface area contributed by atoms with Crippen LogP contribution < -0.4 is 10.1 Å². The van der Waals surface area contributed by atoms with Gasteiger partial charge >= 0.3 is 0 Å². The molecule has 0 radical (unpaired) electrons. The number of fused-ring (bicyclic) bond motifs is 1. The van der Waals surface area contributed by atoms with Crippen molar-refractivity contribution in [3.05, 3.63) is 102 Å². The molecule has 7 heteroatoms. The highest BCUT2D eigenvalue weighted by atomic mass is 32.1. The Hall–Kier alpha value is -3.84. The summed E-state index contributed by atoms with van der Waals surface area (Å²) >= 11 is 5.78. The molecule has 1 aromatic heterocycles. The first kappa shape index (κ1) is 22.0. The Balaban J connectivity index is 1.40. The summed E-state index contributed by atoms with van der Waals surface area (Å²) in [6.07, 6.45) is 3.39. The molecule has 0 spiro atoms. The van der Waals surface area contributed by atoms with E-state index in [4.69, 9.17) is 27.0 Å². The maximum absolute atomic E-state index is 5.78. The molecule has 1 N–H and O–H groups in total. The lowest BCUT2D eigenvalue weighted by Gasteiger charge is -2.24. The second kappa shape index (κ2) is 9.97. The summed E-state index contributed by atoms with van der Waals surface area (Å²) < 4.78 is 5.30. The molecule has 1 aliphatic rings.